The highest BCUT2D eigenvalue weighted by Crippen LogP contribution is 2.25. The van der Waals surface area contributed by atoms with E-state index in [1.807, 2.05) is 4.90 Å². The Morgan fingerprint density at radius 2 is 2.05 bits per heavy atom. The lowest BCUT2D eigenvalue weighted by atomic mass is 10.1. The number of hydrogen-bond acceptors (Lipinski definition) is 4. The van der Waals surface area contributed by atoms with Crippen LogP contribution in [0.1, 0.15) is 29.0 Å². The first-order valence-electron chi connectivity index (χ1n) is 7.88. The maximum atomic E-state index is 12.3. The molecule has 2 heterocycles. The van der Waals surface area contributed by atoms with Crippen molar-refractivity contribution in [3.63, 3.8) is 0 Å². The number of thiophene rings is 1. The predicted molar refractivity (Wildman–Crippen MR) is 84.6 cm³/mol. The molecule has 116 valence electrons. The van der Waals surface area contributed by atoms with Crippen LogP contribution in [0.5, 0.6) is 0 Å². The smallest absolute Gasteiger partial charge is 0.227 e. The Hall–Kier alpha value is -0.910. The normalized spacial score (nSPS) is 27.2. The summed E-state index contributed by atoms with van der Waals surface area (Å²) in [7, 11) is 0. The fourth-order valence-corrected chi connectivity index (χ4v) is 4.37. The molecule has 1 aliphatic heterocycles. The quantitative estimate of drug-likeness (QED) is 0.923. The van der Waals surface area contributed by atoms with Crippen molar-refractivity contribution in [2.75, 3.05) is 26.2 Å². The second-order valence-corrected chi connectivity index (χ2v) is 7.54. The predicted octanol–water partition coefficient (Wildman–Crippen LogP) is 1.66. The standard InChI is InChI=1S/C16H24N2O2S/c1-12-5-6-13(21-12)11-16(20)18-9-7-17(8-10-18)14-3-2-4-15(14)19/h5-6,14-15,19H,2-4,7-11H2,1H3/t14-,15+/m1/s1. The van der Waals surface area contributed by atoms with Crippen LogP contribution in [0, 0.1) is 6.92 Å². The highest BCUT2D eigenvalue weighted by Gasteiger charge is 2.33. The van der Waals surface area contributed by atoms with E-state index >= 15 is 0 Å². The van der Waals surface area contributed by atoms with Gasteiger partial charge < -0.3 is 10.0 Å². The molecule has 1 aromatic heterocycles. The van der Waals surface area contributed by atoms with Gasteiger partial charge in [0.25, 0.3) is 0 Å². The third-order valence-corrected chi connectivity index (χ3v) is 5.70. The summed E-state index contributed by atoms with van der Waals surface area (Å²) < 4.78 is 0. The molecule has 1 saturated carbocycles. The maximum absolute atomic E-state index is 12.3. The first kappa shape index (κ1) is 15.0. The van der Waals surface area contributed by atoms with E-state index in [1.165, 1.54) is 4.88 Å². The number of carbonyl (C=O) groups excluding carboxylic acids is 1. The van der Waals surface area contributed by atoms with Gasteiger partial charge in [-0.15, -0.1) is 11.3 Å². The molecule has 1 amide bonds. The Morgan fingerprint density at radius 3 is 2.62 bits per heavy atom. The largest absolute Gasteiger partial charge is 0.391 e. The van der Waals surface area contributed by atoms with E-state index in [-0.39, 0.29) is 12.0 Å². The van der Waals surface area contributed by atoms with Gasteiger partial charge in [-0.1, -0.05) is 0 Å². The van der Waals surface area contributed by atoms with Gasteiger partial charge in [0.2, 0.25) is 5.91 Å². The third-order valence-electron chi connectivity index (χ3n) is 4.70. The molecule has 0 spiro atoms. The van der Waals surface area contributed by atoms with Crippen molar-refractivity contribution in [3.8, 4) is 0 Å². The third kappa shape index (κ3) is 3.47. The highest BCUT2D eigenvalue weighted by molar-refractivity contribution is 7.12. The average molecular weight is 308 g/mol. The second kappa shape index (κ2) is 6.46. The van der Waals surface area contributed by atoms with E-state index < -0.39 is 0 Å². The molecule has 5 heteroatoms. The molecule has 1 N–H and O–H groups in total. The molecule has 0 aromatic carbocycles. The van der Waals surface area contributed by atoms with Gasteiger partial charge >= 0.3 is 0 Å². The highest BCUT2D eigenvalue weighted by atomic mass is 32.1. The molecule has 2 fully saturated rings. The molecule has 1 saturated heterocycles. The van der Waals surface area contributed by atoms with Crippen LogP contribution in [0.2, 0.25) is 0 Å². The van der Waals surface area contributed by atoms with Crippen LogP contribution in [0.25, 0.3) is 0 Å². The number of nitrogens with zero attached hydrogens (tertiary/aromatic N) is 2. The molecule has 0 radical (unpaired) electrons. The van der Waals surface area contributed by atoms with Crippen molar-refractivity contribution in [2.45, 2.75) is 44.8 Å². The molecule has 1 aromatic rings. The minimum Gasteiger partial charge on any atom is -0.391 e. The van der Waals surface area contributed by atoms with E-state index in [4.69, 9.17) is 0 Å². The summed E-state index contributed by atoms with van der Waals surface area (Å²) in [6.07, 6.45) is 3.53. The lowest BCUT2D eigenvalue weighted by Gasteiger charge is -2.39. The Balaban J connectivity index is 1.50. The molecule has 21 heavy (non-hydrogen) atoms. The number of hydrogen-bond donors (Lipinski definition) is 1. The van der Waals surface area contributed by atoms with Gasteiger partial charge in [0.1, 0.15) is 0 Å². The molecule has 1 aliphatic carbocycles. The van der Waals surface area contributed by atoms with Gasteiger partial charge in [0.15, 0.2) is 0 Å². The van der Waals surface area contributed by atoms with Gasteiger partial charge in [-0.2, -0.15) is 0 Å². The average Bonchev–Trinajstić information content (AvgIpc) is 3.08. The maximum Gasteiger partial charge on any atom is 0.227 e. The monoisotopic (exact) mass is 308 g/mol. The van der Waals surface area contributed by atoms with E-state index in [0.29, 0.717) is 12.5 Å². The summed E-state index contributed by atoms with van der Waals surface area (Å²) >= 11 is 1.71. The van der Waals surface area contributed by atoms with Crippen LogP contribution < -0.4 is 0 Å². The van der Waals surface area contributed by atoms with E-state index in [1.54, 1.807) is 11.3 Å². The van der Waals surface area contributed by atoms with Crippen LogP contribution in [0.15, 0.2) is 12.1 Å². The lowest BCUT2D eigenvalue weighted by molar-refractivity contribution is -0.132. The molecular weight excluding hydrogens is 284 g/mol. The lowest BCUT2D eigenvalue weighted by Crippen LogP contribution is -2.53. The van der Waals surface area contributed by atoms with Crippen LogP contribution >= 0.6 is 11.3 Å². The molecular formula is C16H24N2O2S. The fourth-order valence-electron chi connectivity index (χ4n) is 3.49. The van der Waals surface area contributed by atoms with E-state index in [2.05, 4.69) is 24.0 Å². The Bertz CT molecular complexity index is 494. The SMILES string of the molecule is Cc1ccc(CC(=O)N2CCN([C@@H]3CCC[C@@H]3O)CC2)s1. The first-order chi connectivity index (χ1) is 10.1. The fraction of sp³-hybridized carbons (Fsp3) is 0.688. The topological polar surface area (TPSA) is 43.8 Å². The van der Waals surface area contributed by atoms with Crippen molar-refractivity contribution >= 4 is 17.2 Å². The summed E-state index contributed by atoms with van der Waals surface area (Å²) in [6, 6.07) is 4.46. The van der Waals surface area contributed by atoms with Crippen LogP contribution in [0.4, 0.5) is 0 Å². The molecule has 3 rings (SSSR count). The van der Waals surface area contributed by atoms with Crippen molar-refractivity contribution in [2.24, 2.45) is 0 Å². The Kier molecular flexibility index (Phi) is 4.62. The van der Waals surface area contributed by atoms with E-state index in [9.17, 15) is 9.90 Å². The van der Waals surface area contributed by atoms with Gasteiger partial charge in [0, 0.05) is 42.0 Å². The van der Waals surface area contributed by atoms with Gasteiger partial charge in [-0.25, -0.2) is 0 Å². The molecule has 4 nitrogen and oxygen atoms in total. The van der Waals surface area contributed by atoms with Gasteiger partial charge in [0.05, 0.1) is 12.5 Å². The zero-order chi connectivity index (χ0) is 14.8. The van der Waals surface area contributed by atoms with Crippen LogP contribution in [0.3, 0.4) is 0 Å². The number of aliphatic hydroxyl groups excluding tert-OH is 1. The summed E-state index contributed by atoms with van der Waals surface area (Å²) in [5, 5.41) is 9.99. The minimum absolute atomic E-state index is 0.165. The van der Waals surface area contributed by atoms with Crippen LogP contribution in [-0.4, -0.2) is 59.1 Å². The molecule has 2 atom stereocenters. The second-order valence-electron chi connectivity index (χ2n) is 6.17. The Labute approximate surface area is 130 Å². The Morgan fingerprint density at radius 1 is 1.29 bits per heavy atom. The number of rotatable bonds is 3. The number of carbonyl (C=O) groups is 1. The molecule has 0 unspecified atom stereocenters. The number of aryl methyl sites for hydroxylation is 1. The van der Waals surface area contributed by atoms with Gasteiger partial charge in [-0.3, -0.25) is 9.69 Å². The number of aliphatic hydroxyl groups is 1. The summed E-state index contributed by atoms with van der Waals surface area (Å²) in [4.78, 5) is 19.1. The number of amides is 1. The number of piperazine rings is 1. The van der Waals surface area contributed by atoms with Crippen molar-refractivity contribution < 1.29 is 9.90 Å². The van der Waals surface area contributed by atoms with Crippen molar-refractivity contribution in [3.05, 3.63) is 21.9 Å². The van der Waals surface area contributed by atoms with Gasteiger partial charge in [-0.05, 0) is 38.3 Å². The van der Waals surface area contributed by atoms with Crippen molar-refractivity contribution in [1.82, 2.24) is 9.80 Å². The molecule has 2 aliphatic rings. The van der Waals surface area contributed by atoms with E-state index in [0.717, 1.165) is 50.3 Å². The van der Waals surface area contributed by atoms with Crippen molar-refractivity contribution in [1.29, 1.82) is 0 Å². The first-order valence-corrected chi connectivity index (χ1v) is 8.70. The summed E-state index contributed by atoms with van der Waals surface area (Å²) in [5.41, 5.74) is 0. The molecule has 0 bridgehead atoms. The minimum atomic E-state index is -0.165. The summed E-state index contributed by atoms with van der Waals surface area (Å²) in [6.45, 7) is 5.47. The zero-order valence-electron chi connectivity index (χ0n) is 12.6. The summed E-state index contributed by atoms with van der Waals surface area (Å²) in [5.74, 6) is 0.239. The van der Waals surface area contributed by atoms with Crippen LogP contribution in [-0.2, 0) is 11.2 Å². The zero-order valence-corrected chi connectivity index (χ0v) is 13.4.